The lowest BCUT2D eigenvalue weighted by Gasteiger charge is -2.32. The van der Waals surface area contributed by atoms with Crippen LogP contribution in [0.3, 0.4) is 0 Å². The number of hydrogen-bond acceptors (Lipinski definition) is 6. The van der Waals surface area contributed by atoms with E-state index in [4.69, 9.17) is 18.6 Å². The molecule has 6 rings (SSSR count). The highest BCUT2D eigenvalue weighted by molar-refractivity contribution is 6.67. The van der Waals surface area contributed by atoms with Gasteiger partial charge in [-0.1, -0.05) is 24.3 Å². The standard InChI is InChI=1S/C30H30B2N2O4/c1-27(2)28(3,4)36-31(35-27)23-13-17(15-33)19-10-12-22-24(32-37-29(5,6)30(7,8)38-32)14-18(16-34)20-9-11-21(23)25(19)26(20)22/h9-14H,1-8H3. The fraction of sp³-hybridized carbons (Fsp3) is 0.400. The van der Waals surface area contributed by atoms with E-state index in [9.17, 15) is 10.5 Å². The van der Waals surface area contributed by atoms with Gasteiger partial charge < -0.3 is 18.6 Å². The maximum absolute atomic E-state index is 10.2. The summed E-state index contributed by atoms with van der Waals surface area (Å²) in [5, 5.41) is 25.7. The molecule has 2 fully saturated rings. The Morgan fingerprint density at radius 1 is 0.526 bits per heavy atom. The molecule has 4 aromatic rings. The van der Waals surface area contributed by atoms with Gasteiger partial charge in [0.25, 0.3) is 0 Å². The molecule has 0 radical (unpaired) electrons. The molecule has 0 unspecified atom stereocenters. The average Bonchev–Trinajstić information content (AvgIpc) is 3.20. The van der Waals surface area contributed by atoms with Crippen LogP contribution in [0.2, 0.25) is 0 Å². The summed E-state index contributed by atoms with van der Waals surface area (Å²) in [7, 11) is -1.26. The van der Waals surface area contributed by atoms with Gasteiger partial charge in [-0.25, -0.2) is 0 Å². The molecule has 0 atom stereocenters. The zero-order valence-electron chi connectivity index (χ0n) is 23.1. The fourth-order valence-electron chi connectivity index (χ4n) is 5.56. The normalized spacial score (nSPS) is 21.4. The van der Waals surface area contributed by atoms with Crippen LogP contribution >= 0.6 is 0 Å². The van der Waals surface area contributed by atoms with Crippen LogP contribution in [-0.2, 0) is 18.6 Å². The molecule has 4 aromatic carbocycles. The number of benzene rings is 4. The van der Waals surface area contributed by atoms with Crippen molar-refractivity contribution in [2.75, 3.05) is 0 Å². The maximum atomic E-state index is 10.2. The summed E-state index contributed by atoms with van der Waals surface area (Å²) in [6.07, 6.45) is 0. The number of nitrogens with zero attached hydrogens (tertiary/aromatic N) is 2. The second-order valence-corrected chi connectivity index (χ2v) is 12.5. The van der Waals surface area contributed by atoms with Crippen molar-refractivity contribution in [1.29, 1.82) is 10.5 Å². The second-order valence-electron chi connectivity index (χ2n) is 12.5. The lowest BCUT2D eigenvalue weighted by Crippen LogP contribution is -2.41. The third kappa shape index (κ3) is 3.28. The maximum Gasteiger partial charge on any atom is 0.495 e. The first kappa shape index (κ1) is 25.2. The van der Waals surface area contributed by atoms with Crippen molar-refractivity contribution in [3.8, 4) is 12.1 Å². The second kappa shape index (κ2) is 7.72. The van der Waals surface area contributed by atoms with Gasteiger partial charge in [0.15, 0.2) is 0 Å². The number of nitriles is 2. The summed E-state index contributed by atoms with van der Waals surface area (Å²) < 4.78 is 25.6. The Kier molecular flexibility index (Phi) is 5.11. The molecule has 8 heteroatoms. The van der Waals surface area contributed by atoms with Crippen LogP contribution in [0.5, 0.6) is 0 Å². The minimum absolute atomic E-state index is 0.521. The number of rotatable bonds is 2. The van der Waals surface area contributed by atoms with Gasteiger partial charge in [-0.05, 0) is 100.0 Å². The van der Waals surface area contributed by atoms with Gasteiger partial charge in [-0.3, -0.25) is 0 Å². The van der Waals surface area contributed by atoms with Crippen LogP contribution < -0.4 is 10.9 Å². The van der Waals surface area contributed by atoms with Gasteiger partial charge in [0, 0.05) is 10.8 Å². The minimum Gasteiger partial charge on any atom is -0.399 e. The molecule has 0 aliphatic carbocycles. The summed E-state index contributed by atoms with van der Waals surface area (Å²) in [6.45, 7) is 16.1. The molecule has 0 saturated carbocycles. The molecular weight excluding hydrogens is 474 g/mol. The molecule has 2 aliphatic rings. The van der Waals surface area contributed by atoms with Crippen LogP contribution in [-0.4, -0.2) is 36.6 Å². The van der Waals surface area contributed by atoms with Crippen molar-refractivity contribution in [1.82, 2.24) is 0 Å². The van der Waals surface area contributed by atoms with Crippen LogP contribution in [0.25, 0.3) is 32.3 Å². The van der Waals surface area contributed by atoms with E-state index in [1.54, 1.807) is 0 Å². The van der Waals surface area contributed by atoms with E-state index in [1.165, 1.54) is 0 Å². The predicted octanol–water partition coefficient (Wildman–Crippen LogP) is 4.93. The molecule has 6 nitrogen and oxygen atoms in total. The first-order valence-electron chi connectivity index (χ1n) is 13.0. The number of hydrogen-bond donors (Lipinski definition) is 0. The van der Waals surface area contributed by atoms with Crippen LogP contribution in [0.4, 0.5) is 0 Å². The first-order valence-corrected chi connectivity index (χ1v) is 13.0. The molecular formula is C30H30B2N2O4. The third-order valence-electron chi connectivity index (χ3n) is 9.22. The van der Waals surface area contributed by atoms with Crippen molar-refractivity contribution < 1.29 is 18.6 Å². The summed E-state index contributed by atoms with van der Waals surface area (Å²) >= 11 is 0. The summed E-state index contributed by atoms with van der Waals surface area (Å²) in [6, 6.07) is 16.5. The Hall–Kier alpha value is -3.13. The van der Waals surface area contributed by atoms with Crippen molar-refractivity contribution in [3.05, 3.63) is 47.5 Å². The molecule has 0 aromatic heterocycles. The van der Waals surface area contributed by atoms with Crippen LogP contribution in [0.1, 0.15) is 66.5 Å². The quantitative estimate of drug-likeness (QED) is 0.285. The van der Waals surface area contributed by atoms with Crippen molar-refractivity contribution in [3.63, 3.8) is 0 Å². The highest BCUT2D eigenvalue weighted by atomic mass is 16.7. The van der Waals surface area contributed by atoms with Gasteiger partial charge >= 0.3 is 14.2 Å². The van der Waals surface area contributed by atoms with Gasteiger partial charge in [-0.2, -0.15) is 10.5 Å². The molecule has 38 heavy (non-hydrogen) atoms. The SMILES string of the molecule is CC1(C)OB(c2cc(C#N)c3ccc4c(B5OC(C)(C)C(C)(C)O5)cc(C#N)c5ccc2c3c54)OC1(C)C. The molecule has 2 saturated heterocycles. The van der Waals surface area contributed by atoms with Crippen molar-refractivity contribution in [2.24, 2.45) is 0 Å². The van der Waals surface area contributed by atoms with Gasteiger partial charge in [0.1, 0.15) is 0 Å². The van der Waals surface area contributed by atoms with Crippen molar-refractivity contribution in [2.45, 2.75) is 77.8 Å². The lowest BCUT2D eigenvalue weighted by atomic mass is 9.71. The monoisotopic (exact) mass is 504 g/mol. The molecule has 2 heterocycles. The fourth-order valence-corrected chi connectivity index (χ4v) is 5.56. The van der Waals surface area contributed by atoms with E-state index in [0.29, 0.717) is 11.1 Å². The van der Waals surface area contributed by atoms with Gasteiger partial charge in [-0.15, -0.1) is 0 Å². The minimum atomic E-state index is -0.630. The third-order valence-corrected chi connectivity index (χ3v) is 9.22. The summed E-state index contributed by atoms with van der Waals surface area (Å²) in [5.41, 5.74) is 0.604. The first-order chi connectivity index (χ1) is 17.7. The molecule has 0 N–H and O–H groups in total. The molecule has 0 bridgehead atoms. The smallest absolute Gasteiger partial charge is 0.399 e. The van der Waals surface area contributed by atoms with Crippen LogP contribution in [0.15, 0.2) is 36.4 Å². The average molecular weight is 504 g/mol. The zero-order valence-corrected chi connectivity index (χ0v) is 23.1. The molecule has 190 valence electrons. The summed E-state index contributed by atoms with van der Waals surface area (Å²) in [4.78, 5) is 0. The highest BCUT2D eigenvalue weighted by Gasteiger charge is 2.53. The molecule has 2 aliphatic heterocycles. The van der Waals surface area contributed by atoms with E-state index < -0.39 is 36.6 Å². The Bertz CT molecular complexity index is 1570. The van der Waals surface area contributed by atoms with E-state index in [2.05, 4.69) is 12.1 Å². The Labute approximate surface area is 224 Å². The van der Waals surface area contributed by atoms with Gasteiger partial charge in [0.05, 0.1) is 45.7 Å². The largest absolute Gasteiger partial charge is 0.495 e. The Morgan fingerprint density at radius 2 is 0.816 bits per heavy atom. The predicted molar refractivity (Wildman–Crippen MR) is 151 cm³/mol. The Balaban J connectivity index is 1.68. The van der Waals surface area contributed by atoms with E-state index >= 15 is 0 Å². The van der Waals surface area contributed by atoms with E-state index in [-0.39, 0.29) is 0 Å². The lowest BCUT2D eigenvalue weighted by molar-refractivity contribution is 0.00578. The highest BCUT2D eigenvalue weighted by Crippen LogP contribution is 2.42. The van der Waals surface area contributed by atoms with E-state index in [0.717, 1.165) is 43.2 Å². The van der Waals surface area contributed by atoms with E-state index in [1.807, 2.05) is 91.8 Å². The van der Waals surface area contributed by atoms with Crippen molar-refractivity contribution >= 4 is 57.5 Å². The van der Waals surface area contributed by atoms with Crippen LogP contribution in [0, 0.1) is 22.7 Å². The topological polar surface area (TPSA) is 84.5 Å². The molecule has 0 amide bonds. The zero-order chi connectivity index (χ0) is 27.4. The van der Waals surface area contributed by atoms with Gasteiger partial charge in [0.2, 0.25) is 0 Å². The summed E-state index contributed by atoms with van der Waals surface area (Å²) in [5.74, 6) is 0. The molecule has 0 spiro atoms. The Morgan fingerprint density at radius 3 is 1.11 bits per heavy atom.